The molecule has 92 valence electrons. The molecule has 1 atom stereocenters. The molecule has 0 radical (unpaired) electrons. The summed E-state index contributed by atoms with van der Waals surface area (Å²) >= 11 is 0. The minimum atomic E-state index is -3.49. The minimum Gasteiger partial charge on any atom is -0.467 e. The Morgan fingerprint density at radius 1 is 1.41 bits per heavy atom. The molecule has 0 saturated heterocycles. The van der Waals surface area contributed by atoms with Gasteiger partial charge >= 0.3 is 5.97 Å². The van der Waals surface area contributed by atoms with Gasteiger partial charge in [-0.1, -0.05) is 18.2 Å². The van der Waals surface area contributed by atoms with Gasteiger partial charge in [0.1, 0.15) is 6.04 Å². The van der Waals surface area contributed by atoms with Crippen LogP contribution >= 0.6 is 0 Å². The van der Waals surface area contributed by atoms with Crippen molar-refractivity contribution in [1.29, 1.82) is 0 Å². The van der Waals surface area contributed by atoms with Gasteiger partial charge in [0.15, 0.2) is 0 Å². The molecule has 0 N–H and O–H groups in total. The molecule has 0 fully saturated rings. The zero-order valence-corrected chi connectivity index (χ0v) is 10.4. The lowest BCUT2D eigenvalue weighted by Crippen LogP contribution is -2.42. The highest BCUT2D eigenvalue weighted by Gasteiger charge is 2.40. The van der Waals surface area contributed by atoms with Crippen LogP contribution in [0.4, 0.5) is 5.69 Å². The van der Waals surface area contributed by atoms with Crippen molar-refractivity contribution in [3.63, 3.8) is 0 Å². The third-order valence-corrected chi connectivity index (χ3v) is 3.92. The maximum absolute atomic E-state index is 11.7. The molecule has 1 aliphatic heterocycles. The zero-order chi connectivity index (χ0) is 12.6. The van der Waals surface area contributed by atoms with Gasteiger partial charge < -0.3 is 4.74 Å². The number of nitrogens with zero attached hydrogens (tertiary/aromatic N) is 1. The molecule has 0 spiro atoms. The quantitative estimate of drug-likeness (QED) is 0.724. The van der Waals surface area contributed by atoms with Crippen LogP contribution in [-0.4, -0.2) is 33.8 Å². The second-order valence-electron chi connectivity index (χ2n) is 3.93. The molecule has 0 saturated carbocycles. The first kappa shape index (κ1) is 11.9. The standard InChI is InChI=1S/C11H13NO4S/c1-16-11(13)10-7-8-5-3-4-6-9(8)12(10)17(2,14)15/h3-6,10H,7H2,1-2H3/t10-/m0/s1. The summed E-state index contributed by atoms with van der Waals surface area (Å²) in [7, 11) is -2.23. The van der Waals surface area contributed by atoms with E-state index in [0.29, 0.717) is 12.1 Å². The molecule has 1 aromatic carbocycles. The van der Waals surface area contributed by atoms with E-state index in [4.69, 9.17) is 0 Å². The predicted octanol–water partition coefficient (Wildman–Crippen LogP) is 0.550. The maximum atomic E-state index is 11.7. The maximum Gasteiger partial charge on any atom is 0.330 e. The molecular formula is C11H13NO4S. The van der Waals surface area contributed by atoms with Crippen LogP contribution in [0.3, 0.4) is 0 Å². The normalized spacial score (nSPS) is 18.9. The Balaban J connectivity index is 2.52. The Labute approximate surface area is 100 Å². The number of hydrogen-bond acceptors (Lipinski definition) is 4. The second-order valence-corrected chi connectivity index (χ2v) is 5.79. The van der Waals surface area contributed by atoms with E-state index in [1.807, 2.05) is 12.1 Å². The van der Waals surface area contributed by atoms with Gasteiger partial charge in [0.25, 0.3) is 0 Å². The number of sulfonamides is 1. The van der Waals surface area contributed by atoms with Crippen molar-refractivity contribution in [1.82, 2.24) is 0 Å². The fourth-order valence-electron chi connectivity index (χ4n) is 2.08. The topological polar surface area (TPSA) is 63.7 Å². The monoisotopic (exact) mass is 255 g/mol. The van der Waals surface area contributed by atoms with Gasteiger partial charge in [-0.05, 0) is 11.6 Å². The molecule has 0 bridgehead atoms. The molecule has 5 nitrogen and oxygen atoms in total. The summed E-state index contributed by atoms with van der Waals surface area (Å²) in [5, 5.41) is 0. The first-order chi connectivity index (χ1) is 7.95. The van der Waals surface area contributed by atoms with Gasteiger partial charge in [-0.15, -0.1) is 0 Å². The minimum absolute atomic E-state index is 0.357. The third-order valence-electron chi connectivity index (χ3n) is 2.76. The molecule has 1 aliphatic rings. The van der Waals surface area contributed by atoms with E-state index in [2.05, 4.69) is 4.74 Å². The zero-order valence-electron chi connectivity index (χ0n) is 9.58. The van der Waals surface area contributed by atoms with Crippen LogP contribution in [0.15, 0.2) is 24.3 Å². The molecule has 17 heavy (non-hydrogen) atoms. The molecule has 1 aromatic rings. The van der Waals surface area contributed by atoms with Crippen LogP contribution < -0.4 is 4.31 Å². The van der Waals surface area contributed by atoms with E-state index < -0.39 is 22.0 Å². The van der Waals surface area contributed by atoms with Gasteiger partial charge in [-0.25, -0.2) is 13.2 Å². The summed E-state index contributed by atoms with van der Waals surface area (Å²) in [5.74, 6) is -0.536. The van der Waals surface area contributed by atoms with E-state index in [9.17, 15) is 13.2 Å². The third kappa shape index (κ3) is 2.00. The molecular weight excluding hydrogens is 242 g/mol. The smallest absolute Gasteiger partial charge is 0.330 e. The lowest BCUT2D eigenvalue weighted by atomic mass is 10.1. The number of methoxy groups -OCH3 is 1. The van der Waals surface area contributed by atoms with Crippen LogP contribution in [0, 0.1) is 0 Å². The predicted molar refractivity (Wildman–Crippen MR) is 63.3 cm³/mol. The van der Waals surface area contributed by atoms with Crippen LogP contribution in [0.5, 0.6) is 0 Å². The number of anilines is 1. The fourth-order valence-corrected chi connectivity index (χ4v) is 3.24. The van der Waals surface area contributed by atoms with Gasteiger partial charge in [0.05, 0.1) is 19.1 Å². The van der Waals surface area contributed by atoms with Crippen molar-refractivity contribution in [2.45, 2.75) is 12.5 Å². The molecule has 0 aliphatic carbocycles. The number of rotatable bonds is 2. The molecule has 0 unspecified atom stereocenters. The Morgan fingerprint density at radius 2 is 2.06 bits per heavy atom. The number of ether oxygens (including phenoxy) is 1. The Morgan fingerprint density at radius 3 is 2.65 bits per heavy atom. The van der Waals surface area contributed by atoms with Crippen LogP contribution in [0.1, 0.15) is 5.56 Å². The van der Waals surface area contributed by atoms with Gasteiger partial charge in [-0.2, -0.15) is 0 Å². The Kier molecular flexibility index (Phi) is 2.82. The lowest BCUT2D eigenvalue weighted by molar-refractivity contribution is -0.141. The highest BCUT2D eigenvalue weighted by molar-refractivity contribution is 7.92. The second kappa shape index (κ2) is 4.03. The van der Waals surface area contributed by atoms with Crippen LogP contribution in [0.2, 0.25) is 0 Å². The van der Waals surface area contributed by atoms with E-state index in [1.54, 1.807) is 12.1 Å². The number of hydrogen-bond donors (Lipinski definition) is 0. The summed E-state index contributed by atoms with van der Waals surface area (Å²) in [6, 6.07) is 6.29. The van der Waals surface area contributed by atoms with E-state index in [-0.39, 0.29) is 0 Å². The first-order valence-electron chi connectivity index (χ1n) is 5.10. The largest absolute Gasteiger partial charge is 0.467 e. The summed E-state index contributed by atoms with van der Waals surface area (Å²) < 4.78 is 29.3. The average molecular weight is 255 g/mol. The Hall–Kier alpha value is -1.56. The van der Waals surface area contributed by atoms with Crippen molar-refractivity contribution in [3.8, 4) is 0 Å². The number of fused-ring (bicyclic) bond motifs is 1. The van der Waals surface area contributed by atoms with Gasteiger partial charge in [0.2, 0.25) is 10.0 Å². The van der Waals surface area contributed by atoms with E-state index in [1.165, 1.54) is 7.11 Å². The van der Waals surface area contributed by atoms with Crippen molar-refractivity contribution in [3.05, 3.63) is 29.8 Å². The molecule has 0 aromatic heterocycles. The molecule has 6 heteroatoms. The number of esters is 1. The van der Waals surface area contributed by atoms with Gasteiger partial charge in [-0.3, -0.25) is 4.31 Å². The summed E-state index contributed by atoms with van der Waals surface area (Å²) in [4.78, 5) is 11.6. The summed E-state index contributed by atoms with van der Waals surface area (Å²) in [6.07, 6.45) is 1.45. The summed E-state index contributed by atoms with van der Waals surface area (Å²) in [6.45, 7) is 0. The van der Waals surface area contributed by atoms with Crippen molar-refractivity contribution < 1.29 is 17.9 Å². The van der Waals surface area contributed by atoms with Crippen molar-refractivity contribution >= 4 is 21.7 Å². The SMILES string of the molecule is COC(=O)[C@@H]1Cc2ccccc2N1S(C)(=O)=O. The van der Waals surface area contributed by atoms with Gasteiger partial charge in [0, 0.05) is 6.42 Å². The highest BCUT2D eigenvalue weighted by atomic mass is 32.2. The highest BCUT2D eigenvalue weighted by Crippen LogP contribution is 2.34. The Bertz CT molecular complexity index is 552. The van der Waals surface area contributed by atoms with Crippen LogP contribution in [0.25, 0.3) is 0 Å². The van der Waals surface area contributed by atoms with Crippen LogP contribution in [-0.2, 0) is 26.0 Å². The number of carbonyl (C=O) groups excluding carboxylic acids is 1. The van der Waals surface area contributed by atoms with Crippen molar-refractivity contribution in [2.24, 2.45) is 0 Å². The molecule has 1 heterocycles. The first-order valence-corrected chi connectivity index (χ1v) is 6.95. The molecule has 0 amide bonds. The number of para-hydroxylation sites is 1. The average Bonchev–Trinajstić information content (AvgIpc) is 2.66. The van der Waals surface area contributed by atoms with Crippen molar-refractivity contribution in [2.75, 3.05) is 17.7 Å². The fraction of sp³-hybridized carbons (Fsp3) is 0.364. The van der Waals surface area contributed by atoms with E-state index >= 15 is 0 Å². The number of benzene rings is 1. The summed E-state index contributed by atoms with van der Waals surface area (Å²) in [5.41, 5.74) is 1.40. The molecule has 2 rings (SSSR count). The number of carbonyl (C=O) groups is 1. The lowest BCUT2D eigenvalue weighted by Gasteiger charge is -2.22. The van der Waals surface area contributed by atoms with E-state index in [0.717, 1.165) is 16.1 Å².